The van der Waals surface area contributed by atoms with Gasteiger partial charge in [-0.15, -0.1) is 0 Å². The van der Waals surface area contributed by atoms with Gasteiger partial charge in [-0.05, 0) is 43.0 Å². The van der Waals surface area contributed by atoms with Gasteiger partial charge in [-0.3, -0.25) is 4.98 Å². The van der Waals surface area contributed by atoms with E-state index in [1.54, 1.807) is 26.6 Å². The number of carboxylic acids is 2. The molecule has 3 rings (SSSR count). The van der Waals surface area contributed by atoms with Gasteiger partial charge >= 0.3 is 24.3 Å². The minimum absolute atomic E-state index is 0.741. The number of aromatic nitrogens is 1. The number of benzene rings is 1. The van der Waals surface area contributed by atoms with Gasteiger partial charge in [0, 0.05) is 37.6 Å². The van der Waals surface area contributed by atoms with Gasteiger partial charge in [0.25, 0.3) is 0 Å². The predicted octanol–water partition coefficient (Wildman–Crippen LogP) is 3.89. The van der Waals surface area contributed by atoms with Crippen molar-refractivity contribution in [1.29, 1.82) is 0 Å². The molecule has 0 atom stereocenters. The van der Waals surface area contributed by atoms with E-state index < -0.39 is 29.9 Å². The first-order chi connectivity index (χ1) is 18.0. The van der Waals surface area contributed by atoms with Crippen molar-refractivity contribution in [2.75, 3.05) is 33.9 Å². The normalized spacial score (nSPS) is 15.1. The molecule has 0 spiro atoms. The molecule has 1 fully saturated rings. The highest BCUT2D eigenvalue weighted by Gasteiger charge is 2.39. The largest absolute Gasteiger partial charge is 0.493 e. The molecule has 1 aliphatic rings. The van der Waals surface area contributed by atoms with Gasteiger partial charge in [-0.1, -0.05) is 12.1 Å². The molecule has 1 aliphatic heterocycles. The first kappa shape index (κ1) is 33.4. The first-order valence-corrected chi connectivity index (χ1v) is 11.2. The third kappa shape index (κ3) is 11.4. The number of aliphatic carboxylic acids is 2. The second-order valence-electron chi connectivity index (χ2n) is 8.16. The van der Waals surface area contributed by atoms with E-state index in [4.69, 9.17) is 29.3 Å². The van der Waals surface area contributed by atoms with Crippen LogP contribution in [0, 0.1) is 0 Å². The number of aliphatic hydroxyl groups is 1. The molecule has 1 aromatic carbocycles. The zero-order valence-corrected chi connectivity index (χ0v) is 20.9. The van der Waals surface area contributed by atoms with Gasteiger partial charge in [0.1, 0.15) is 0 Å². The molecule has 0 aliphatic carbocycles. The molecule has 1 aromatic heterocycles. The zero-order chi connectivity index (χ0) is 29.9. The highest BCUT2D eigenvalue weighted by atomic mass is 19.4. The second-order valence-corrected chi connectivity index (χ2v) is 8.16. The van der Waals surface area contributed by atoms with Crippen LogP contribution < -0.4 is 9.47 Å². The molecular weight excluding hydrogens is 542 g/mol. The summed E-state index contributed by atoms with van der Waals surface area (Å²) in [5, 5.41) is 25.1. The van der Waals surface area contributed by atoms with Crippen LogP contribution in [0.5, 0.6) is 11.5 Å². The zero-order valence-electron chi connectivity index (χ0n) is 20.9. The lowest BCUT2D eigenvalue weighted by Gasteiger charge is -2.38. The molecule has 2 heterocycles. The van der Waals surface area contributed by atoms with Crippen LogP contribution in [0.25, 0.3) is 0 Å². The highest BCUT2D eigenvalue weighted by molar-refractivity contribution is 5.73. The van der Waals surface area contributed by atoms with Crippen molar-refractivity contribution in [1.82, 2.24) is 9.88 Å². The minimum atomic E-state index is -5.08. The smallest absolute Gasteiger partial charge is 0.490 e. The van der Waals surface area contributed by atoms with E-state index in [1.165, 1.54) is 5.56 Å². The van der Waals surface area contributed by atoms with Crippen molar-refractivity contribution in [2.45, 2.75) is 37.2 Å². The molecule has 0 unspecified atom stereocenters. The number of halogens is 6. The molecule has 218 valence electrons. The van der Waals surface area contributed by atoms with Crippen LogP contribution in [-0.4, -0.2) is 83.3 Å². The van der Waals surface area contributed by atoms with Crippen molar-refractivity contribution in [3.8, 4) is 11.5 Å². The maximum absolute atomic E-state index is 10.9. The fraction of sp³-hybridized carbons (Fsp3) is 0.458. The Morgan fingerprint density at radius 3 is 1.87 bits per heavy atom. The van der Waals surface area contributed by atoms with Crippen molar-refractivity contribution in [3.05, 3.63) is 53.9 Å². The summed E-state index contributed by atoms with van der Waals surface area (Å²) < 4.78 is 74.1. The topological polar surface area (TPSA) is 129 Å². The van der Waals surface area contributed by atoms with Gasteiger partial charge in [0.05, 0.1) is 19.8 Å². The Hall–Kier alpha value is -3.59. The lowest BCUT2D eigenvalue weighted by molar-refractivity contribution is -0.193. The standard InChI is InChI=1S/C20H26N2O3.2C2HF3O2/c1-24-18-6-5-16(14-19(18)25-2)7-11-22-12-8-20(23,9-13-22)17-4-3-10-21-15-17;2*3-2(4,5)1(6)7/h3-6,10,14-15,23H,7-9,11-13H2,1-2H3;2*(H,6,7). The molecule has 0 amide bonds. The summed E-state index contributed by atoms with van der Waals surface area (Å²) in [7, 11) is 3.31. The van der Waals surface area contributed by atoms with E-state index in [-0.39, 0.29) is 0 Å². The molecule has 3 N–H and O–H groups in total. The summed E-state index contributed by atoms with van der Waals surface area (Å²) in [6.07, 6.45) is -4.22. The van der Waals surface area contributed by atoms with E-state index >= 15 is 0 Å². The third-order valence-electron chi connectivity index (χ3n) is 5.53. The van der Waals surface area contributed by atoms with E-state index in [2.05, 4.69) is 16.0 Å². The Bertz CT molecular complexity index is 1030. The summed E-state index contributed by atoms with van der Waals surface area (Å²) in [5.41, 5.74) is 1.41. The third-order valence-corrected chi connectivity index (χ3v) is 5.53. The van der Waals surface area contributed by atoms with Gasteiger partial charge in [-0.2, -0.15) is 26.3 Å². The molecule has 9 nitrogen and oxygen atoms in total. The van der Waals surface area contributed by atoms with Crippen LogP contribution in [0.2, 0.25) is 0 Å². The molecule has 1 saturated heterocycles. The van der Waals surface area contributed by atoms with E-state index in [0.29, 0.717) is 0 Å². The van der Waals surface area contributed by atoms with Crippen molar-refractivity contribution < 1.29 is 60.7 Å². The summed E-state index contributed by atoms with van der Waals surface area (Å²) in [4.78, 5) is 24.3. The summed E-state index contributed by atoms with van der Waals surface area (Å²) in [6.45, 7) is 2.75. The summed E-state index contributed by atoms with van der Waals surface area (Å²) >= 11 is 0. The second kappa shape index (κ2) is 14.5. The number of likely N-dealkylation sites (tertiary alicyclic amines) is 1. The van der Waals surface area contributed by atoms with Gasteiger partial charge < -0.3 is 29.7 Å². The lowest BCUT2D eigenvalue weighted by atomic mass is 9.85. The summed E-state index contributed by atoms with van der Waals surface area (Å²) in [5.74, 6) is -3.99. The monoisotopic (exact) mass is 570 g/mol. The quantitative estimate of drug-likeness (QED) is 0.443. The van der Waals surface area contributed by atoms with Gasteiger partial charge in [-0.25, -0.2) is 9.59 Å². The van der Waals surface area contributed by atoms with Crippen molar-refractivity contribution >= 4 is 11.9 Å². The Morgan fingerprint density at radius 2 is 1.46 bits per heavy atom. The number of methoxy groups -OCH3 is 2. The van der Waals surface area contributed by atoms with Gasteiger partial charge in [0.15, 0.2) is 11.5 Å². The molecule has 2 aromatic rings. The lowest BCUT2D eigenvalue weighted by Crippen LogP contribution is -2.43. The Labute approximate surface area is 219 Å². The number of alkyl halides is 6. The Morgan fingerprint density at radius 1 is 0.949 bits per heavy atom. The van der Waals surface area contributed by atoms with Crippen LogP contribution in [0.1, 0.15) is 24.0 Å². The number of nitrogens with zero attached hydrogens (tertiary/aromatic N) is 2. The van der Waals surface area contributed by atoms with Crippen LogP contribution in [0.3, 0.4) is 0 Å². The average Bonchev–Trinajstić information content (AvgIpc) is 2.88. The van der Waals surface area contributed by atoms with Crippen molar-refractivity contribution in [3.63, 3.8) is 0 Å². The minimum Gasteiger partial charge on any atom is -0.493 e. The SMILES string of the molecule is COc1ccc(CCN2CCC(O)(c3cccnc3)CC2)cc1OC.O=C(O)C(F)(F)F.O=C(O)C(F)(F)F. The first-order valence-electron chi connectivity index (χ1n) is 11.2. The molecule has 0 saturated carbocycles. The van der Waals surface area contributed by atoms with Crippen molar-refractivity contribution in [2.24, 2.45) is 0 Å². The Balaban J connectivity index is 0.000000449. The fourth-order valence-corrected chi connectivity index (χ4v) is 3.40. The maximum Gasteiger partial charge on any atom is 0.490 e. The Kier molecular flexibility index (Phi) is 12.5. The molecule has 0 bridgehead atoms. The number of rotatable bonds is 6. The molecular formula is C24H28F6N2O7. The van der Waals surface area contributed by atoms with E-state index in [1.807, 2.05) is 24.3 Å². The number of carboxylic acid groups (broad SMARTS) is 2. The highest BCUT2D eigenvalue weighted by Crippen LogP contribution is 2.32. The van der Waals surface area contributed by atoms with E-state index in [9.17, 15) is 31.4 Å². The van der Waals surface area contributed by atoms with Crippen LogP contribution in [0.4, 0.5) is 26.3 Å². The number of piperidine rings is 1. The number of carbonyl (C=O) groups is 2. The average molecular weight is 570 g/mol. The fourth-order valence-electron chi connectivity index (χ4n) is 3.40. The molecule has 39 heavy (non-hydrogen) atoms. The van der Waals surface area contributed by atoms with Crippen LogP contribution >= 0.6 is 0 Å². The number of hydrogen-bond acceptors (Lipinski definition) is 7. The van der Waals surface area contributed by atoms with Gasteiger partial charge in [0.2, 0.25) is 0 Å². The van der Waals surface area contributed by atoms with Crippen LogP contribution in [0.15, 0.2) is 42.7 Å². The molecule has 0 radical (unpaired) electrons. The number of hydrogen-bond donors (Lipinski definition) is 3. The van der Waals surface area contributed by atoms with E-state index in [0.717, 1.165) is 56.0 Å². The van der Waals surface area contributed by atoms with Crippen LogP contribution in [-0.2, 0) is 21.6 Å². The number of pyridine rings is 1. The summed E-state index contributed by atoms with van der Waals surface area (Å²) in [6, 6.07) is 9.92. The maximum atomic E-state index is 10.9. The predicted molar refractivity (Wildman–Crippen MR) is 124 cm³/mol. The number of ether oxygens (including phenoxy) is 2. The molecule has 15 heteroatoms.